The first-order chi connectivity index (χ1) is 15.8. The molecule has 0 saturated carbocycles. The van der Waals surface area contributed by atoms with Crippen molar-refractivity contribution in [2.45, 2.75) is 13.5 Å². The second kappa shape index (κ2) is 9.64. The van der Waals surface area contributed by atoms with Crippen molar-refractivity contribution in [2.24, 2.45) is 0 Å². The van der Waals surface area contributed by atoms with Crippen molar-refractivity contribution in [3.05, 3.63) is 99.3 Å². The third-order valence-electron chi connectivity index (χ3n) is 4.98. The Morgan fingerprint density at radius 1 is 1.09 bits per heavy atom. The highest BCUT2D eigenvalue weighted by atomic mass is 79.9. The molecule has 166 valence electrons. The first-order valence-electron chi connectivity index (χ1n) is 9.97. The summed E-state index contributed by atoms with van der Waals surface area (Å²) in [5.74, 6) is -1.36. The van der Waals surface area contributed by atoms with E-state index < -0.39 is 17.6 Å². The summed E-state index contributed by atoms with van der Waals surface area (Å²) in [4.78, 5) is 26.5. The average molecular weight is 525 g/mol. The Bertz CT molecular complexity index is 1290. The SMILES string of the molecule is Cc1ccc(COc2ccc(/C=C3\C(=O)NC(=S)N(c4ccccc4F)C3=O)cc2Br)cc1. The van der Waals surface area contributed by atoms with E-state index in [9.17, 15) is 14.0 Å². The van der Waals surface area contributed by atoms with Crippen molar-refractivity contribution >= 4 is 56.8 Å². The summed E-state index contributed by atoms with van der Waals surface area (Å²) < 4.78 is 20.8. The number of carbonyl (C=O) groups is 2. The highest BCUT2D eigenvalue weighted by Gasteiger charge is 2.35. The molecule has 1 saturated heterocycles. The Hall–Kier alpha value is -3.36. The number of aryl methyl sites for hydroxylation is 1. The van der Waals surface area contributed by atoms with E-state index in [1.807, 2.05) is 31.2 Å². The Morgan fingerprint density at radius 3 is 2.52 bits per heavy atom. The van der Waals surface area contributed by atoms with Crippen LogP contribution in [0.1, 0.15) is 16.7 Å². The van der Waals surface area contributed by atoms with Gasteiger partial charge >= 0.3 is 0 Å². The van der Waals surface area contributed by atoms with Crippen LogP contribution in [0.5, 0.6) is 5.75 Å². The first-order valence-corrected chi connectivity index (χ1v) is 11.2. The normalized spacial score (nSPS) is 15.1. The van der Waals surface area contributed by atoms with Crippen LogP contribution in [0.25, 0.3) is 6.08 Å². The number of para-hydroxylation sites is 1. The zero-order valence-corrected chi connectivity index (χ0v) is 19.9. The summed E-state index contributed by atoms with van der Waals surface area (Å²) in [5.41, 5.74) is 2.61. The maximum atomic E-state index is 14.3. The number of carbonyl (C=O) groups excluding carboxylic acids is 2. The largest absolute Gasteiger partial charge is 0.488 e. The molecule has 4 rings (SSSR count). The van der Waals surface area contributed by atoms with E-state index in [4.69, 9.17) is 17.0 Å². The lowest BCUT2D eigenvalue weighted by atomic mass is 10.1. The summed E-state index contributed by atoms with van der Waals surface area (Å²) in [5, 5.41) is 2.28. The molecule has 0 aromatic heterocycles. The molecule has 2 amide bonds. The molecule has 8 heteroatoms. The van der Waals surface area contributed by atoms with Gasteiger partial charge in [0.05, 0.1) is 10.2 Å². The van der Waals surface area contributed by atoms with Gasteiger partial charge in [0, 0.05) is 0 Å². The van der Waals surface area contributed by atoms with Crippen molar-refractivity contribution in [2.75, 3.05) is 4.90 Å². The maximum absolute atomic E-state index is 14.3. The molecule has 0 aliphatic carbocycles. The van der Waals surface area contributed by atoms with Crippen molar-refractivity contribution in [3.8, 4) is 5.75 Å². The van der Waals surface area contributed by atoms with Crippen molar-refractivity contribution < 1.29 is 18.7 Å². The number of thiocarbonyl (C=S) groups is 1. The molecular weight excluding hydrogens is 507 g/mol. The first kappa shape index (κ1) is 22.8. The molecule has 1 fully saturated rings. The van der Waals surface area contributed by atoms with Gasteiger partial charge in [-0.1, -0.05) is 48.0 Å². The number of ether oxygens (including phenoxy) is 1. The van der Waals surface area contributed by atoms with Gasteiger partial charge in [-0.2, -0.15) is 0 Å². The van der Waals surface area contributed by atoms with E-state index in [-0.39, 0.29) is 16.4 Å². The summed E-state index contributed by atoms with van der Waals surface area (Å²) in [6.45, 7) is 2.42. The fourth-order valence-electron chi connectivity index (χ4n) is 3.25. The lowest BCUT2D eigenvalue weighted by molar-refractivity contribution is -0.122. The van der Waals surface area contributed by atoms with Crippen LogP contribution in [-0.2, 0) is 16.2 Å². The lowest BCUT2D eigenvalue weighted by Gasteiger charge is -2.29. The van der Waals surface area contributed by atoms with Gasteiger partial charge in [-0.05, 0) is 76.5 Å². The molecule has 3 aromatic carbocycles. The number of benzene rings is 3. The second-order valence-corrected chi connectivity index (χ2v) is 8.61. The van der Waals surface area contributed by atoms with Crippen LogP contribution in [0.4, 0.5) is 10.1 Å². The third kappa shape index (κ3) is 5.02. The van der Waals surface area contributed by atoms with Gasteiger partial charge in [0.2, 0.25) is 0 Å². The predicted octanol–water partition coefficient (Wildman–Crippen LogP) is 5.31. The smallest absolute Gasteiger partial charge is 0.270 e. The van der Waals surface area contributed by atoms with Gasteiger partial charge in [0.1, 0.15) is 23.7 Å². The Morgan fingerprint density at radius 2 is 1.82 bits per heavy atom. The van der Waals surface area contributed by atoms with Gasteiger partial charge in [0.25, 0.3) is 11.8 Å². The van der Waals surface area contributed by atoms with Crippen LogP contribution in [0.2, 0.25) is 0 Å². The number of nitrogens with one attached hydrogen (secondary N) is 1. The standard InChI is InChI=1S/C25H18BrFN2O3S/c1-15-6-8-16(9-7-15)14-32-22-11-10-17(13-19(22)26)12-18-23(30)28-25(33)29(24(18)31)21-5-3-2-4-20(21)27/h2-13H,14H2,1H3,(H,28,30,33)/b18-12+. The fraction of sp³-hybridized carbons (Fsp3) is 0.0800. The molecule has 0 spiro atoms. The predicted molar refractivity (Wildman–Crippen MR) is 132 cm³/mol. The fourth-order valence-corrected chi connectivity index (χ4v) is 4.03. The Labute approximate surface area is 204 Å². The van der Waals surface area contributed by atoms with E-state index in [2.05, 4.69) is 21.2 Å². The van der Waals surface area contributed by atoms with Crippen LogP contribution in [0.15, 0.2) is 76.8 Å². The van der Waals surface area contributed by atoms with Crippen LogP contribution < -0.4 is 15.0 Å². The Kier molecular flexibility index (Phi) is 6.67. The minimum atomic E-state index is -0.704. The number of hydrogen-bond donors (Lipinski definition) is 1. The van der Waals surface area contributed by atoms with E-state index in [1.165, 1.54) is 29.8 Å². The molecular formula is C25H18BrFN2O3S. The number of hydrogen-bond acceptors (Lipinski definition) is 4. The van der Waals surface area contributed by atoms with E-state index in [0.717, 1.165) is 10.5 Å². The summed E-state index contributed by atoms with van der Waals surface area (Å²) in [6.07, 6.45) is 1.43. The summed E-state index contributed by atoms with van der Waals surface area (Å²) in [6, 6.07) is 19.0. The number of amides is 2. The van der Waals surface area contributed by atoms with E-state index in [0.29, 0.717) is 22.4 Å². The maximum Gasteiger partial charge on any atom is 0.270 e. The van der Waals surface area contributed by atoms with Gasteiger partial charge in [-0.25, -0.2) is 9.29 Å². The molecule has 0 bridgehead atoms. The molecule has 0 atom stereocenters. The van der Waals surface area contributed by atoms with Crippen LogP contribution in [0.3, 0.4) is 0 Å². The van der Waals surface area contributed by atoms with E-state index in [1.54, 1.807) is 24.3 Å². The highest BCUT2D eigenvalue weighted by Crippen LogP contribution is 2.29. The molecule has 0 unspecified atom stereocenters. The number of rotatable bonds is 5. The monoisotopic (exact) mass is 524 g/mol. The van der Waals surface area contributed by atoms with Gasteiger partial charge in [-0.15, -0.1) is 0 Å². The van der Waals surface area contributed by atoms with Crippen LogP contribution in [0, 0.1) is 12.7 Å². The van der Waals surface area contributed by atoms with Crippen molar-refractivity contribution in [1.29, 1.82) is 0 Å². The Balaban J connectivity index is 1.57. The van der Waals surface area contributed by atoms with Crippen molar-refractivity contribution in [3.63, 3.8) is 0 Å². The van der Waals surface area contributed by atoms with Crippen LogP contribution in [-0.4, -0.2) is 16.9 Å². The number of halogens is 2. The third-order valence-corrected chi connectivity index (χ3v) is 5.88. The van der Waals surface area contributed by atoms with Crippen LogP contribution >= 0.6 is 28.1 Å². The molecule has 1 N–H and O–H groups in total. The van der Waals surface area contributed by atoms with Gasteiger partial charge in [0.15, 0.2) is 5.11 Å². The van der Waals surface area contributed by atoms with Gasteiger partial charge < -0.3 is 4.74 Å². The lowest BCUT2D eigenvalue weighted by Crippen LogP contribution is -2.54. The molecule has 1 heterocycles. The summed E-state index contributed by atoms with van der Waals surface area (Å²) in [7, 11) is 0. The highest BCUT2D eigenvalue weighted by molar-refractivity contribution is 9.10. The molecule has 0 radical (unpaired) electrons. The zero-order chi connectivity index (χ0) is 23.5. The quantitative estimate of drug-likeness (QED) is 0.279. The summed E-state index contributed by atoms with van der Waals surface area (Å²) >= 11 is 8.58. The number of anilines is 1. The molecule has 5 nitrogen and oxygen atoms in total. The number of nitrogens with zero attached hydrogens (tertiary/aromatic N) is 1. The molecule has 1 aliphatic rings. The average Bonchev–Trinajstić information content (AvgIpc) is 2.78. The molecule has 33 heavy (non-hydrogen) atoms. The second-order valence-electron chi connectivity index (χ2n) is 7.37. The molecule has 3 aromatic rings. The van der Waals surface area contributed by atoms with E-state index >= 15 is 0 Å². The zero-order valence-electron chi connectivity index (χ0n) is 17.5. The van der Waals surface area contributed by atoms with Gasteiger partial charge in [-0.3, -0.25) is 14.9 Å². The molecule has 1 aliphatic heterocycles. The minimum Gasteiger partial charge on any atom is -0.488 e. The minimum absolute atomic E-state index is 0.0283. The van der Waals surface area contributed by atoms with Crippen molar-refractivity contribution in [1.82, 2.24) is 5.32 Å². The topological polar surface area (TPSA) is 58.6 Å².